The molecule has 0 aromatic rings. The van der Waals surface area contributed by atoms with Crippen LogP contribution in [0.3, 0.4) is 0 Å². The second-order valence-corrected chi connectivity index (χ2v) is 4.24. The van der Waals surface area contributed by atoms with Crippen molar-refractivity contribution in [3.8, 4) is 0 Å². The second kappa shape index (κ2) is 6.64. The van der Waals surface area contributed by atoms with Crippen molar-refractivity contribution in [1.82, 2.24) is 0 Å². The highest BCUT2D eigenvalue weighted by Crippen LogP contribution is 2.01. The fourth-order valence-corrected chi connectivity index (χ4v) is 0.748. The second-order valence-electron chi connectivity index (χ2n) is 4.24. The van der Waals surface area contributed by atoms with E-state index in [2.05, 4.69) is 6.58 Å². The van der Waals surface area contributed by atoms with Crippen LogP contribution in [0.1, 0.15) is 6.92 Å². The third-order valence-corrected chi connectivity index (χ3v) is 1.58. The molecule has 0 saturated heterocycles. The van der Waals surface area contributed by atoms with Gasteiger partial charge in [-0.25, -0.2) is 4.79 Å². The summed E-state index contributed by atoms with van der Waals surface area (Å²) >= 11 is 0. The average Bonchev–Trinajstić information content (AvgIpc) is 1.99. The predicted molar refractivity (Wildman–Crippen MR) is 54.3 cm³/mol. The van der Waals surface area contributed by atoms with Gasteiger partial charge in [-0.2, -0.15) is 0 Å². The lowest BCUT2D eigenvalue weighted by molar-refractivity contribution is -0.880. The molecule has 17 heavy (non-hydrogen) atoms. The lowest BCUT2D eigenvalue weighted by Crippen LogP contribution is -2.58. The Morgan fingerprint density at radius 2 is 1.47 bits per heavy atom. The van der Waals surface area contributed by atoms with Crippen molar-refractivity contribution in [2.75, 3.05) is 21.1 Å². The van der Waals surface area contributed by atoms with Crippen LogP contribution in [0.15, 0.2) is 12.2 Å². The van der Waals surface area contributed by atoms with Crippen molar-refractivity contribution < 1.29 is 34.2 Å². The molecule has 0 aromatic carbocycles. The standard InChI is InChI=1S/C6H11NO4.C4H6O2/c1-7(2,3)4(5(8)9)6(10)11;1-3(2)4(5)6/h4H,1-3H3,(H-,8,9,10,11);1H2,2H3,(H,5,6)/p-1. The van der Waals surface area contributed by atoms with Crippen molar-refractivity contribution in [1.29, 1.82) is 0 Å². The Morgan fingerprint density at radius 3 is 1.47 bits per heavy atom. The van der Waals surface area contributed by atoms with Gasteiger partial charge in [0.25, 0.3) is 0 Å². The third-order valence-electron chi connectivity index (χ3n) is 1.58. The molecule has 7 nitrogen and oxygen atoms in total. The van der Waals surface area contributed by atoms with Gasteiger partial charge in [0.15, 0.2) is 0 Å². The van der Waals surface area contributed by atoms with E-state index in [4.69, 9.17) is 5.11 Å². The number of carboxylic acid groups (broad SMARTS) is 3. The Hall–Kier alpha value is -1.89. The van der Waals surface area contributed by atoms with Crippen LogP contribution in [-0.4, -0.2) is 54.7 Å². The van der Waals surface area contributed by atoms with Crippen molar-refractivity contribution >= 4 is 17.9 Å². The SMILES string of the molecule is C=C(C)C(=O)[O-].C[N+](C)(C)C(C(=O)[O-])C(=O)O. The van der Waals surface area contributed by atoms with Crippen molar-refractivity contribution in [3.63, 3.8) is 0 Å². The summed E-state index contributed by atoms with van der Waals surface area (Å²) in [4.78, 5) is 30.1. The fraction of sp³-hybridized carbons (Fsp3) is 0.500. The Labute approximate surface area is 99.2 Å². The van der Waals surface area contributed by atoms with E-state index < -0.39 is 23.9 Å². The first-order valence-electron chi connectivity index (χ1n) is 4.52. The van der Waals surface area contributed by atoms with E-state index in [9.17, 15) is 24.6 Å². The van der Waals surface area contributed by atoms with Crippen molar-refractivity contribution in [2.24, 2.45) is 0 Å². The molecule has 0 aliphatic rings. The predicted octanol–water partition coefficient (Wildman–Crippen LogP) is -2.79. The molecule has 1 atom stereocenters. The van der Waals surface area contributed by atoms with Crippen LogP contribution in [0.5, 0.6) is 0 Å². The first-order valence-corrected chi connectivity index (χ1v) is 4.52. The largest absolute Gasteiger partial charge is 0.545 e. The van der Waals surface area contributed by atoms with Gasteiger partial charge in [-0.1, -0.05) is 6.58 Å². The summed E-state index contributed by atoms with van der Waals surface area (Å²) in [6.45, 7) is 4.48. The first-order chi connectivity index (χ1) is 7.41. The molecular weight excluding hydrogens is 230 g/mol. The van der Waals surface area contributed by atoms with Gasteiger partial charge in [-0.15, -0.1) is 0 Å². The summed E-state index contributed by atoms with van der Waals surface area (Å²) < 4.78 is -0.183. The number of hydrogen-bond acceptors (Lipinski definition) is 5. The molecule has 0 aliphatic carbocycles. The number of hydrogen-bond donors (Lipinski definition) is 1. The normalized spacial score (nSPS) is 11.8. The molecule has 0 spiro atoms. The summed E-state index contributed by atoms with van der Waals surface area (Å²) in [5, 5.41) is 28.2. The maximum absolute atomic E-state index is 10.4. The van der Waals surface area contributed by atoms with Gasteiger partial charge >= 0.3 is 5.97 Å². The van der Waals surface area contributed by atoms with Gasteiger partial charge in [0.1, 0.15) is 5.97 Å². The van der Waals surface area contributed by atoms with Crippen molar-refractivity contribution in [3.05, 3.63) is 12.2 Å². The highest BCUT2D eigenvalue weighted by atomic mass is 16.4. The van der Waals surface area contributed by atoms with E-state index in [-0.39, 0.29) is 10.1 Å². The minimum Gasteiger partial charge on any atom is -0.545 e. The number of nitrogens with zero attached hydrogens (tertiary/aromatic N) is 1. The minimum absolute atomic E-state index is 0.0648. The maximum Gasteiger partial charge on any atom is 0.368 e. The number of likely N-dealkylation sites (N-methyl/N-ethyl adjacent to an activating group) is 1. The third kappa shape index (κ3) is 7.97. The van der Waals surface area contributed by atoms with Gasteiger partial charge in [0.05, 0.1) is 27.1 Å². The maximum atomic E-state index is 10.4. The summed E-state index contributed by atoms with van der Waals surface area (Å²) in [6, 6.07) is -1.50. The van der Waals surface area contributed by atoms with Gasteiger partial charge in [0, 0.05) is 0 Å². The monoisotopic (exact) mass is 246 g/mol. The Kier molecular flexibility index (Phi) is 6.84. The molecular formula is C10H16NO6-. The molecule has 1 unspecified atom stereocenters. The molecule has 1 N–H and O–H groups in total. The number of quaternary nitrogens is 1. The zero-order valence-corrected chi connectivity index (χ0v) is 10.2. The molecule has 98 valence electrons. The smallest absolute Gasteiger partial charge is 0.368 e. The zero-order valence-electron chi connectivity index (χ0n) is 10.2. The van der Waals surface area contributed by atoms with Gasteiger partial charge in [0.2, 0.25) is 6.04 Å². The van der Waals surface area contributed by atoms with E-state index >= 15 is 0 Å². The Morgan fingerprint density at radius 1 is 1.18 bits per heavy atom. The summed E-state index contributed by atoms with van der Waals surface area (Å²) in [6.07, 6.45) is 0. The van der Waals surface area contributed by atoms with E-state index in [0.29, 0.717) is 0 Å². The zero-order chi connectivity index (χ0) is 14.4. The van der Waals surface area contributed by atoms with Crippen LogP contribution < -0.4 is 10.2 Å². The Balaban J connectivity index is 0. The minimum atomic E-state index is -1.56. The highest BCUT2D eigenvalue weighted by Gasteiger charge is 2.32. The molecule has 0 saturated carbocycles. The molecule has 0 amide bonds. The van der Waals surface area contributed by atoms with Crippen molar-refractivity contribution in [2.45, 2.75) is 13.0 Å². The van der Waals surface area contributed by atoms with Gasteiger partial charge < -0.3 is 29.4 Å². The van der Waals surface area contributed by atoms with Crippen LogP contribution in [0.2, 0.25) is 0 Å². The summed E-state index contributed by atoms with van der Waals surface area (Å²) in [5.74, 6) is -4.13. The Bertz CT molecular complexity index is 302. The molecule has 0 fully saturated rings. The van der Waals surface area contributed by atoms with Crippen LogP contribution in [0.25, 0.3) is 0 Å². The molecule has 0 aliphatic heterocycles. The molecule has 0 bridgehead atoms. The first kappa shape index (κ1) is 17.5. The van der Waals surface area contributed by atoms with E-state index in [1.54, 1.807) is 0 Å². The molecule has 0 aromatic heterocycles. The van der Waals surface area contributed by atoms with Crippen LogP contribution in [0, 0.1) is 0 Å². The number of aliphatic carboxylic acids is 3. The summed E-state index contributed by atoms with van der Waals surface area (Å²) in [7, 11) is 4.44. The number of carbonyl (C=O) groups is 3. The fourth-order valence-electron chi connectivity index (χ4n) is 0.748. The van der Waals surface area contributed by atoms with Crippen LogP contribution in [-0.2, 0) is 14.4 Å². The average molecular weight is 246 g/mol. The van der Waals surface area contributed by atoms with Gasteiger partial charge in [-0.05, 0) is 12.5 Å². The van der Waals surface area contributed by atoms with Gasteiger partial charge in [-0.3, -0.25) is 0 Å². The highest BCUT2D eigenvalue weighted by molar-refractivity contribution is 5.94. The van der Waals surface area contributed by atoms with Crippen LogP contribution >= 0.6 is 0 Å². The van der Waals surface area contributed by atoms with Crippen LogP contribution in [0.4, 0.5) is 0 Å². The topological polar surface area (TPSA) is 118 Å². The number of carbonyl (C=O) groups excluding carboxylic acids is 2. The summed E-state index contributed by atoms with van der Waals surface area (Å²) in [5.41, 5.74) is 0.0648. The van der Waals surface area contributed by atoms with E-state index in [1.807, 2.05) is 0 Å². The number of carboxylic acids is 3. The lowest BCUT2D eigenvalue weighted by Gasteiger charge is -2.31. The number of rotatable bonds is 4. The van der Waals surface area contributed by atoms with E-state index in [1.165, 1.54) is 28.1 Å². The lowest BCUT2D eigenvalue weighted by atomic mass is 10.2. The van der Waals surface area contributed by atoms with E-state index in [0.717, 1.165) is 0 Å². The quantitative estimate of drug-likeness (QED) is 0.325. The molecule has 0 radical (unpaired) electrons. The molecule has 7 heteroatoms. The molecule has 0 heterocycles. The molecule has 0 rings (SSSR count).